The summed E-state index contributed by atoms with van der Waals surface area (Å²) in [4.78, 5) is 7.38. The van der Waals surface area contributed by atoms with Crippen LogP contribution in [0.3, 0.4) is 0 Å². The molecule has 2 aliphatic heterocycles. The standard InChI is InChI=1S/C21H35N3O2/c1-22-13-15-23(16-14-22)11-5-17-26-21-8-3-2-6-19(21)18-24-10-4-7-20(25)9-12-24/h2-3,6,8,20,25H,4-5,7,9-18H2,1H3. The fourth-order valence-electron chi connectivity index (χ4n) is 3.85. The zero-order valence-corrected chi connectivity index (χ0v) is 16.3. The van der Waals surface area contributed by atoms with Crippen molar-refractivity contribution in [2.24, 2.45) is 0 Å². The van der Waals surface area contributed by atoms with Crippen LogP contribution in [0.25, 0.3) is 0 Å². The van der Waals surface area contributed by atoms with Gasteiger partial charge in [-0.2, -0.15) is 0 Å². The van der Waals surface area contributed by atoms with E-state index >= 15 is 0 Å². The summed E-state index contributed by atoms with van der Waals surface area (Å²) < 4.78 is 6.13. The van der Waals surface area contributed by atoms with Crippen LogP contribution in [0.2, 0.25) is 0 Å². The third kappa shape index (κ3) is 6.23. The van der Waals surface area contributed by atoms with Crippen LogP contribution in [0.5, 0.6) is 5.75 Å². The van der Waals surface area contributed by atoms with E-state index in [4.69, 9.17) is 4.74 Å². The molecule has 0 aliphatic carbocycles. The lowest BCUT2D eigenvalue weighted by atomic mass is 10.2. The number of hydrogen-bond acceptors (Lipinski definition) is 5. The maximum absolute atomic E-state index is 9.83. The van der Waals surface area contributed by atoms with Crippen molar-refractivity contribution in [2.75, 3.05) is 59.5 Å². The summed E-state index contributed by atoms with van der Waals surface area (Å²) in [5, 5.41) is 9.83. The molecule has 1 aromatic carbocycles. The lowest BCUT2D eigenvalue weighted by Gasteiger charge is -2.32. The Bertz CT molecular complexity index is 532. The molecule has 0 amide bonds. The largest absolute Gasteiger partial charge is 0.493 e. The summed E-state index contributed by atoms with van der Waals surface area (Å²) in [6.07, 6.45) is 3.85. The minimum atomic E-state index is -0.124. The van der Waals surface area contributed by atoms with Crippen molar-refractivity contribution < 1.29 is 9.84 Å². The van der Waals surface area contributed by atoms with E-state index in [1.165, 1.54) is 31.7 Å². The van der Waals surface area contributed by atoms with E-state index in [1.807, 2.05) is 0 Å². The molecular formula is C21H35N3O2. The van der Waals surface area contributed by atoms with Gasteiger partial charge in [-0.1, -0.05) is 18.2 Å². The van der Waals surface area contributed by atoms with Gasteiger partial charge in [0.25, 0.3) is 0 Å². The number of ether oxygens (including phenoxy) is 1. The molecule has 0 radical (unpaired) electrons. The summed E-state index contributed by atoms with van der Waals surface area (Å²) in [6, 6.07) is 8.43. The topological polar surface area (TPSA) is 39.2 Å². The second kappa shape index (κ2) is 10.3. The Labute approximate surface area is 158 Å². The molecule has 2 fully saturated rings. The van der Waals surface area contributed by atoms with Gasteiger partial charge in [0.15, 0.2) is 0 Å². The van der Waals surface area contributed by atoms with E-state index in [9.17, 15) is 5.11 Å². The molecule has 0 saturated carbocycles. The Morgan fingerprint density at radius 2 is 1.81 bits per heavy atom. The van der Waals surface area contributed by atoms with Gasteiger partial charge in [-0.3, -0.25) is 4.90 Å². The molecule has 5 nitrogen and oxygen atoms in total. The van der Waals surface area contributed by atoms with Crippen molar-refractivity contribution in [2.45, 2.75) is 38.3 Å². The van der Waals surface area contributed by atoms with E-state index in [0.29, 0.717) is 0 Å². The van der Waals surface area contributed by atoms with Crippen molar-refractivity contribution in [3.8, 4) is 5.75 Å². The van der Waals surface area contributed by atoms with Crippen molar-refractivity contribution in [3.05, 3.63) is 29.8 Å². The first-order valence-electron chi connectivity index (χ1n) is 10.2. The molecule has 146 valence electrons. The number of benzene rings is 1. The number of aliphatic hydroxyl groups is 1. The minimum Gasteiger partial charge on any atom is -0.493 e. The Balaban J connectivity index is 1.43. The van der Waals surface area contributed by atoms with Gasteiger partial charge < -0.3 is 19.6 Å². The third-order valence-electron chi connectivity index (χ3n) is 5.63. The molecule has 1 atom stereocenters. The van der Waals surface area contributed by atoms with E-state index in [2.05, 4.69) is 46.0 Å². The molecule has 0 aromatic heterocycles. The smallest absolute Gasteiger partial charge is 0.123 e. The van der Waals surface area contributed by atoms with Crippen LogP contribution in [-0.2, 0) is 6.54 Å². The molecular weight excluding hydrogens is 326 g/mol. The lowest BCUT2D eigenvalue weighted by Crippen LogP contribution is -2.44. The van der Waals surface area contributed by atoms with Gasteiger partial charge in [-0.25, -0.2) is 0 Å². The quantitative estimate of drug-likeness (QED) is 0.753. The second-order valence-corrected chi connectivity index (χ2v) is 7.82. The predicted octanol–water partition coefficient (Wildman–Crippen LogP) is 2.05. The molecule has 2 heterocycles. The Hall–Kier alpha value is -1.14. The van der Waals surface area contributed by atoms with Gasteiger partial charge in [0, 0.05) is 51.4 Å². The van der Waals surface area contributed by atoms with E-state index < -0.39 is 0 Å². The second-order valence-electron chi connectivity index (χ2n) is 7.82. The Kier molecular flexibility index (Phi) is 7.74. The molecule has 1 aromatic rings. The van der Waals surface area contributed by atoms with Crippen LogP contribution in [-0.4, -0.2) is 85.4 Å². The monoisotopic (exact) mass is 361 g/mol. The van der Waals surface area contributed by atoms with E-state index in [0.717, 1.165) is 64.2 Å². The van der Waals surface area contributed by atoms with Crippen molar-refractivity contribution in [3.63, 3.8) is 0 Å². The van der Waals surface area contributed by atoms with Crippen LogP contribution < -0.4 is 4.74 Å². The molecule has 2 aliphatic rings. The normalized spacial score (nSPS) is 23.7. The van der Waals surface area contributed by atoms with Crippen LogP contribution >= 0.6 is 0 Å². The van der Waals surface area contributed by atoms with Crippen molar-refractivity contribution in [1.82, 2.24) is 14.7 Å². The minimum absolute atomic E-state index is 0.124. The summed E-state index contributed by atoms with van der Waals surface area (Å²) in [5.41, 5.74) is 1.27. The van der Waals surface area contributed by atoms with Crippen molar-refractivity contribution >= 4 is 0 Å². The Morgan fingerprint density at radius 3 is 2.65 bits per heavy atom. The fraction of sp³-hybridized carbons (Fsp3) is 0.714. The summed E-state index contributed by atoms with van der Waals surface area (Å²) in [5.74, 6) is 1.02. The average molecular weight is 362 g/mol. The summed E-state index contributed by atoms with van der Waals surface area (Å²) in [7, 11) is 2.20. The van der Waals surface area contributed by atoms with E-state index in [1.54, 1.807) is 0 Å². The maximum atomic E-state index is 9.83. The van der Waals surface area contributed by atoms with Crippen LogP contribution in [0, 0.1) is 0 Å². The molecule has 1 unspecified atom stereocenters. The predicted molar refractivity (Wildman–Crippen MR) is 106 cm³/mol. The number of para-hydroxylation sites is 1. The van der Waals surface area contributed by atoms with Gasteiger partial charge in [0.05, 0.1) is 12.7 Å². The number of piperazine rings is 1. The third-order valence-corrected chi connectivity index (χ3v) is 5.63. The lowest BCUT2D eigenvalue weighted by molar-refractivity contribution is 0.145. The maximum Gasteiger partial charge on any atom is 0.123 e. The average Bonchev–Trinajstić information content (AvgIpc) is 2.86. The van der Waals surface area contributed by atoms with Crippen LogP contribution in [0.4, 0.5) is 0 Å². The van der Waals surface area contributed by atoms with Crippen molar-refractivity contribution in [1.29, 1.82) is 0 Å². The number of aliphatic hydroxyl groups excluding tert-OH is 1. The number of likely N-dealkylation sites (tertiary alicyclic amines) is 1. The molecule has 1 N–H and O–H groups in total. The van der Waals surface area contributed by atoms with E-state index in [-0.39, 0.29) is 6.10 Å². The first kappa shape index (κ1) is 19.6. The summed E-state index contributed by atoms with van der Waals surface area (Å²) >= 11 is 0. The molecule has 5 heteroatoms. The zero-order valence-electron chi connectivity index (χ0n) is 16.3. The van der Waals surface area contributed by atoms with Gasteiger partial charge in [0.2, 0.25) is 0 Å². The zero-order chi connectivity index (χ0) is 18.2. The molecule has 2 saturated heterocycles. The van der Waals surface area contributed by atoms with Crippen LogP contribution in [0.15, 0.2) is 24.3 Å². The number of nitrogens with zero attached hydrogens (tertiary/aromatic N) is 3. The number of likely N-dealkylation sites (N-methyl/N-ethyl adjacent to an activating group) is 1. The highest BCUT2D eigenvalue weighted by molar-refractivity contribution is 5.33. The molecule has 0 spiro atoms. The Morgan fingerprint density at radius 1 is 1.00 bits per heavy atom. The highest BCUT2D eigenvalue weighted by Crippen LogP contribution is 2.22. The molecule has 0 bridgehead atoms. The first-order valence-corrected chi connectivity index (χ1v) is 10.2. The van der Waals surface area contributed by atoms with Gasteiger partial charge in [-0.05, 0) is 45.3 Å². The fourth-order valence-corrected chi connectivity index (χ4v) is 3.85. The molecule has 3 rings (SSSR count). The number of hydrogen-bond donors (Lipinski definition) is 1. The highest BCUT2D eigenvalue weighted by Gasteiger charge is 2.17. The highest BCUT2D eigenvalue weighted by atomic mass is 16.5. The van der Waals surface area contributed by atoms with Gasteiger partial charge in [-0.15, -0.1) is 0 Å². The SMILES string of the molecule is CN1CCN(CCCOc2ccccc2CN2CCCC(O)CC2)CC1. The summed E-state index contributed by atoms with van der Waals surface area (Å²) in [6.45, 7) is 9.56. The van der Waals surface area contributed by atoms with Crippen LogP contribution in [0.1, 0.15) is 31.2 Å². The number of rotatable bonds is 7. The molecule has 26 heavy (non-hydrogen) atoms. The van der Waals surface area contributed by atoms with Gasteiger partial charge in [0.1, 0.15) is 5.75 Å². The van der Waals surface area contributed by atoms with Gasteiger partial charge >= 0.3 is 0 Å². The first-order chi connectivity index (χ1) is 12.7.